The highest BCUT2D eigenvalue weighted by molar-refractivity contribution is 8.03. The number of aliphatic hydroxyl groups excluding tert-OH is 2. The molecule has 9 nitrogen and oxygen atoms in total. The number of carboxylic acid groups (broad SMARTS) is 1. The number of hydrogen-bond acceptors (Lipinski definition) is 8. The second-order valence-electron chi connectivity index (χ2n) is 7.58. The number of hydrogen-bond donors (Lipinski definition) is 4. The maximum absolute atomic E-state index is 12.4. The van der Waals surface area contributed by atoms with Gasteiger partial charge >= 0.3 is 5.97 Å². The summed E-state index contributed by atoms with van der Waals surface area (Å²) in [5, 5.41) is 36.2. The van der Waals surface area contributed by atoms with Crippen LogP contribution in [0.2, 0.25) is 0 Å². The summed E-state index contributed by atoms with van der Waals surface area (Å²) in [7, 11) is 0. The van der Waals surface area contributed by atoms with E-state index in [0.717, 1.165) is 6.42 Å². The molecule has 28 heavy (non-hydrogen) atoms. The molecule has 3 aliphatic rings. The normalized spacial score (nSPS) is 33.2. The van der Waals surface area contributed by atoms with Crippen LogP contribution in [-0.2, 0) is 16.2 Å². The first kappa shape index (κ1) is 19.4. The molecule has 0 saturated carbocycles. The van der Waals surface area contributed by atoms with E-state index in [1.54, 1.807) is 13.0 Å². The van der Waals surface area contributed by atoms with Crippen molar-refractivity contribution in [2.24, 2.45) is 11.8 Å². The summed E-state index contributed by atoms with van der Waals surface area (Å²) in [6.07, 6.45) is -0.0788. The van der Waals surface area contributed by atoms with E-state index >= 15 is 0 Å². The van der Waals surface area contributed by atoms with Crippen molar-refractivity contribution in [1.29, 1.82) is 0 Å². The Hall–Kier alpha value is -1.88. The van der Waals surface area contributed by atoms with Gasteiger partial charge in [-0.05, 0) is 13.3 Å². The van der Waals surface area contributed by atoms with Gasteiger partial charge in [-0.2, -0.15) is 0 Å². The summed E-state index contributed by atoms with van der Waals surface area (Å²) >= 11 is 1.49. The summed E-state index contributed by atoms with van der Waals surface area (Å²) in [5.74, 6) is -1.72. The van der Waals surface area contributed by atoms with Crippen molar-refractivity contribution in [1.82, 2.24) is 15.4 Å². The number of carbonyl (C=O) groups excluding carboxylic acids is 1. The molecule has 1 amide bonds. The lowest BCUT2D eigenvalue weighted by Gasteiger charge is -2.46. The van der Waals surface area contributed by atoms with Gasteiger partial charge in [-0.25, -0.2) is 4.79 Å². The molecule has 0 unspecified atom stereocenters. The van der Waals surface area contributed by atoms with Crippen LogP contribution in [0.3, 0.4) is 0 Å². The van der Waals surface area contributed by atoms with Gasteiger partial charge in [0.2, 0.25) is 5.91 Å². The van der Waals surface area contributed by atoms with Crippen molar-refractivity contribution >= 4 is 23.6 Å². The summed E-state index contributed by atoms with van der Waals surface area (Å²) in [5.41, 5.74) is 0.768. The number of fused-ring (bicyclic) bond motifs is 1. The average Bonchev–Trinajstić information content (AvgIpc) is 3.33. The van der Waals surface area contributed by atoms with Crippen LogP contribution in [0.4, 0.5) is 0 Å². The number of β-lactam (4-membered cyclic amide) rings is 1. The number of nitrogens with one attached hydrogen (secondary N) is 1. The van der Waals surface area contributed by atoms with E-state index in [9.17, 15) is 19.8 Å². The molecule has 152 valence electrons. The maximum atomic E-state index is 12.4. The molecule has 0 aromatic carbocycles. The third kappa shape index (κ3) is 2.95. The lowest BCUT2D eigenvalue weighted by molar-refractivity contribution is -0.163. The summed E-state index contributed by atoms with van der Waals surface area (Å²) in [6, 6.07) is 1.38. The predicted molar refractivity (Wildman–Crippen MR) is 98.8 cm³/mol. The molecule has 4 heterocycles. The smallest absolute Gasteiger partial charge is 0.353 e. The molecule has 2 fully saturated rings. The summed E-state index contributed by atoms with van der Waals surface area (Å²) in [4.78, 5) is 26.3. The first-order valence-corrected chi connectivity index (χ1v) is 10.2. The van der Waals surface area contributed by atoms with Crippen molar-refractivity contribution in [3.63, 3.8) is 0 Å². The highest BCUT2D eigenvalue weighted by atomic mass is 32.2. The van der Waals surface area contributed by atoms with E-state index in [1.807, 2.05) is 6.92 Å². The van der Waals surface area contributed by atoms with E-state index in [-0.39, 0.29) is 41.5 Å². The number of carbonyl (C=O) groups is 2. The van der Waals surface area contributed by atoms with Crippen LogP contribution in [-0.4, -0.2) is 61.2 Å². The zero-order valence-corrected chi connectivity index (χ0v) is 16.3. The van der Waals surface area contributed by atoms with Crippen LogP contribution in [0.15, 0.2) is 21.2 Å². The number of aliphatic carboxylic acids is 1. The summed E-state index contributed by atoms with van der Waals surface area (Å²) < 4.78 is 5.04. The standard InChI is InChI=1S/C18H23N3O6S/c1-7-14-13(8(2)23)17(24)21(14)15(18(25)26)16(7)28-10-4-11(19-5-10)12-3-9(6-22)27-20-12/h3,7-8,10-11,13-14,19,22-23H,4-6H2,1-2H3,(H,25,26)/t7-,8-,10+,11+,13-,14-/m1/s1. The SMILES string of the molecule is C[C@@H](O)[C@H]1C(=O)N2C(C(=O)O)=C(S[C@@H]3CN[C@H](c4cc(CO)on4)C3)[C@H](C)[C@H]12. The van der Waals surface area contributed by atoms with Gasteiger partial charge in [0.15, 0.2) is 5.76 Å². The van der Waals surface area contributed by atoms with E-state index < -0.39 is 18.0 Å². The number of nitrogens with zero attached hydrogens (tertiary/aromatic N) is 2. The fraction of sp³-hybridized carbons (Fsp3) is 0.611. The minimum absolute atomic E-state index is 0.0315. The molecule has 0 radical (unpaired) electrons. The van der Waals surface area contributed by atoms with Crippen molar-refractivity contribution < 1.29 is 29.4 Å². The molecule has 10 heteroatoms. The monoisotopic (exact) mass is 409 g/mol. The zero-order chi connectivity index (χ0) is 20.2. The Morgan fingerprint density at radius 1 is 1.54 bits per heavy atom. The molecule has 6 atom stereocenters. The maximum Gasteiger partial charge on any atom is 0.353 e. The van der Waals surface area contributed by atoms with Crippen LogP contribution in [0.1, 0.15) is 37.8 Å². The molecular weight excluding hydrogens is 386 g/mol. The van der Waals surface area contributed by atoms with E-state index in [2.05, 4.69) is 10.5 Å². The first-order chi connectivity index (χ1) is 13.3. The topological polar surface area (TPSA) is 136 Å². The molecular formula is C18H23N3O6S. The molecule has 1 aromatic heterocycles. The van der Waals surface area contributed by atoms with Gasteiger partial charge in [-0.1, -0.05) is 12.1 Å². The lowest BCUT2D eigenvalue weighted by atomic mass is 9.79. The van der Waals surface area contributed by atoms with Gasteiger partial charge in [0.25, 0.3) is 0 Å². The van der Waals surface area contributed by atoms with Gasteiger partial charge in [0, 0.05) is 28.7 Å². The molecule has 0 aliphatic carbocycles. The molecule has 4 N–H and O–H groups in total. The molecule has 1 aromatic rings. The van der Waals surface area contributed by atoms with E-state index in [0.29, 0.717) is 22.9 Å². The van der Waals surface area contributed by atoms with Crippen molar-refractivity contribution in [3.8, 4) is 0 Å². The van der Waals surface area contributed by atoms with E-state index in [1.165, 1.54) is 16.7 Å². The second kappa shape index (κ2) is 7.18. The number of amides is 1. The van der Waals surface area contributed by atoms with Gasteiger partial charge in [0.1, 0.15) is 18.0 Å². The van der Waals surface area contributed by atoms with Gasteiger partial charge < -0.3 is 30.1 Å². The largest absolute Gasteiger partial charge is 0.477 e. The molecule has 2 saturated heterocycles. The highest BCUT2D eigenvalue weighted by Crippen LogP contribution is 2.52. The highest BCUT2D eigenvalue weighted by Gasteiger charge is 2.60. The van der Waals surface area contributed by atoms with Crippen LogP contribution in [0.25, 0.3) is 0 Å². The van der Waals surface area contributed by atoms with Crippen LogP contribution >= 0.6 is 11.8 Å². The molecule has 0 spiro atoms. The average molecular weight is 409 g/mol. The predicted octanol–water partition coefficient (Wildman–Crippen LogP) is 0.457. The number of thioether (sulfide) groups is 1. The number of aliphatic hydroxyl groups is 2. The quantitative estimate of drug-likeness (QED) is 0.494. The lowest BCUT2D eigenvalue weighted by Crippen LogP contribution is -2.63. The molecule has 4 rings (SSSR count). The third-order valence-electron chi connectivity index (χ3n) is 5.79. The number of aromatic nitrogens is 1. The zero-order valence-electron chi connectivity index (χ0n) is 15.5. The third-order valence-corrected chi connectivity index (χ3v) is 7.30. The van der Waals surface area contributed by atoms with Crippen LogP contribution in [0, 0.1) is 11.8 Å². The fourth-order valence-corrected chi connectivity index (χ4v) is 5.92. The van der Waals surface area contributed by atoms with Crippen LogP contribution in [0.5, 0.6) is 0 Å². The van der Waals surface area contributed by atoms with Crippen molar-refractivity contribution in [2.75, 3.05) is 6.54 Å². The van der Waals surface area contributed by atoms with Gasteiger partial charge in [-0.3, -0.25) is 4.79 Å². The van der Waals surface area contributed by atoms with Crippen LogP contribution < -0.4 is 5.32 Å². The second-order valence-corrected chi connectivity index (χ2v) is 8.93. The fourth-order valence-electron chi connectivity index (χ4n) is 4.44. The Morgan fingerprint density at radius 2 is 2.29 bits per heavy atom. The Labute approximate surface area is 165 Å². The van der Waals surface area contributed by atoms with Crippen molar-refractivity contribution in [2.45, 2.75) is 50.3 Å². The van der Waals surface area contributed by atoms with Crippen molar-refractivity contribution in [3.05, 3.63) is 28.1 Å². The number of carboxylic acids is 1. The van der Waals surface area contributed by atoms with Gasteiger partial charge in [0.05, 0.1) is 24.1 Å². The number of rotatable bonds is 6. The Morgan fingerprint density at radius 3 is 2.89 bits per heavy atom. The minimum atomic E-state index is -1.11. The summed E-state index contributed by atoms with van der Waals surface area (Å²) in [6.45, 7) is 3.95. The van der Waals surface area contributed by atoms with E-state index in [4.69, 9.17) is 9.63 Å². The van der Waals surface area contributed by atoms with Gasteiger partial charge in [-0.15, -0.1) is 11.8 Å². The Balaban J connectivity index is 1.51. The molecule has 3 aliphatic heterocycles. The Bertz CT molecular complexity index is 837. The Kier molecular flexibility index (Phi) is 4.98. The first-order valence-electron chi connectivity index (χ1n) is 9.28. The minimum Gasteiger partial charge on any atom is -0.477 e. The molecule has 0 bridgehead atoms.